The van der Waals surface area contributed by atoms with Crippen LogP contribution in [-0.2, 0) is 0 Å². The van der Waals surface area contributed by atoms with E-state index in [9.17, 15) is 4.79 Å². The molecule has 14 heavy (non-hydrogen) atoms. The minimum absolute atomic E-state index is 0.511. The molecule has 0 aromatic heterocycles. The van der Waals surface area contributed by atoms with Crippen molar-refractivity contribution in [1.82, 2.24) is 0 Å². The molecule has 0 saturated heterocycles. The van der Waals surface area contributed by atoms with Gasteiger partial charge in [-0.05, 0) is 29.8 Å². The van der Waals surface area contributed by atoms with Crippen LogP contribution < -0.4 is 0 Å². The summed E-state index contributed by atoms with van der Waals surface area (Å²) in [6, 6.07) is 9.71. The Labute approximate surface area is 87.3 Å². The Morgan fingerprint density at radius 1 is 1.14 bits per heavy atom. The molecule has 70 valence electrons. The van der Waals surface area contributed by atoms with E-state index in [1.165, 1.54) is 5.56 Å². The van der Waals surface area contributed by atoms with Crippen molar-refractivity contribution in [2.75, 3.05) is 0 Å². The molecular weight excluding hydrogens is 196 g/mol. The Morgan fingerprint density at radius 2 is 1.93 bits per heavy atom. The molecule has 0 saturated carbocycles. The van der Waals surface area contributed by atoms with Gasteiger partial charge in [0.1, 0.15) is 0 Å². The number of halogens is 1. The zero-order chi connectivity index (χ0) is 10.1. The highest BCUT2D eigenvalue weighted by atomic mass is 35.5. The van der Waals surface area contributed by atoms with Gasteiger partial charge in [-0.25, -0.2) is 0 Å². The van der Waals surface area contributed by atoms with Gasteiger partial charge in [0.05, 0.1) is 5.02 Å². The average molecular weight is 205 g/mol. The Hall–Kier alpha value is -1.34. The molecule has 0 aliphatic heterocycles. The summed E-state index contributed by atoms with van der Waals surface area (Å²) in [6.07, 6.45) is 0.782. The zero-order valence-electron chi connectivity index (χ0n) is 7.75. The summed E-state index contributed by atoms with van der Waals surface area (Å²) in [7, 11) is 0. The van der Waals surface area contributed by atoms with Crippen LogP contribution in [0.2, 0.25) is 5.02 Å². The van der Waals surface area contributed by atoms with Gasteiger partial charge in [-0.1, -0.05) is 35.4 Å². The third-order valence-electron chi connectivity index (χ3n) is 2.24. The van der Waals surface area contributed by atoms with Crippen molar-refractivity contribution >= 4 is 28.7 Å². The smallest absolute Gasteiger partial charge is 0.151 e. The Balaban J connectivity index is 2.79. The number of hydrogen-bond donors (Lipinski definition) is 0. The highest BCUT2D eigenvalue weighted by molar-refractivity contribution is 6.33. The molecule has 0 atom stereocenters. The van der Waals surface area contributed by atoms with Crippen LogP contribution in [0.5, 0.6) is 0 Å². The van der Waals surface area contributed by atoms with Crippen molar-refractivity contribution in [3.63, 3.8) is 0 Å². The molecule has 2 aromatic rings. The van der Waals surface area contributed by atoms with Crippen molar-refractivity contribution in [3.8, 4) is 0 Å². The van der Waals surface area contributed by atoms with Crippen molar-refractivity contribution in [1.29, 1.82) is 0 Å². The van der Waals surface area contributed by atoms with Crippen LogP contribution in [0.4, 0.5) is 0 Å². The maximum atomic E-state index is 10.7. The summed E-state index contributed by atoms with van der Waals surface area (Å²) in [5.74, 6) is 0. The molecule has 2 heteroatoms. The first-order valence-corrected chi connectivity index (χ1v) is 4.73. The van der Waals surface area contributed by atoms with E-state index in [0.717, 1.165) is 17.1 Å². The van der Waals surface area contributed by atoms with E-state index in [1.54, 1.807) is 0 Å². The maximum absolute atomic E-state index is 10.7. The van der Waals surface area contributed by atoms with E-state index in [1.807, 2.05) is 37.3 Å². The second kappa shape index (κ2) is 3.43. The number of carbonyl (C=O) groups excluding carboxylic acids is 1. The van der Waals surface area contributed by atoms with Gasteiger partial charge in [0.25, 0.3) is 0 Å². The SMILES string of the molecule is Cc1ccc2cc(Cl)c(C=O)cc2c1. The van der Waals surface area contributed by atoms with Gasteiger partial charge in [0.15, 0.2) is 6.29 Å². The third kappa shape index (κ3) is 1.51. The molecular formula is C12H9ClO. The molecule has 1 nitrogen and oxygen atoms in total. The lowest BCUT2D eigenvalue weighted by Gasteiger charge is -2.02. The van der Waals surface area contributed by atoms with Crippen molar-refractivity contribution in [3.05, 3.63) is 46.5 Å². The molecule has 0 fully saturated rings. The number of fused-ring (bicyclic) bond motifs is 1. The zero-order valence-corrected chi connectivity index (χ0v) is 8.51. The lowest BCUT2D eigenvalue weighted by atomic mass is 10.1. The van der Waals surface area contributed by atoms with E-state index < -0.39 is 0 Å². The molecule has 0 aliphatic carbocycles. The van der Waals surface area contributed by atoms with Gasteiger partial charge in [-0.2, -0.15) is 0 Å². The van der Waals surface area contributed by atoms with E-state index in [-0.39, 0.29) is 0 Å². The van der Waals surface area contributed by atoms with E-state index in [2.05, 4.69) is 0 Å². The van der Waals surface area contributed by atoms with Crippen LogP contribution in [0.1, 0.15) is 15.9 Å². The van der Waals surface area contributed by atoms with Gasteiger partial charge >= 0.3 is 0 Å². The van der Waals surface area contributed by atoms with Crippen molar-refractivity contribution in [2.24, 2.45) is 0 Å². The predicted molar refractivity (Wildman–Crippen MR) is 59.1 cm³/mol. The van der Waals surface area contributed by atoms with Gasteiger partial charge in [-0.3, -0.25) is 4.79 Å². The first-order valence-electron chi connectivity index (χ1n) is 4.36. The lowest BCUT2D eigenvalue weighted by Crippen LogP contribution is -1.83. The minimum Gasteiger partial charge on any atom is -0.298 e. The molecule has 0 heterocycles. The Kier molecular flexibility index (Phi) is 2.26. The first-order chi connectivity index (χ1) is 6.70. The van der Waals surface area contributed by atoms with Gasteiger partial charge in [0.2, 0.25) is 0 Å². The molecule has 0 amide bonds. The molecule has 2 aromatic carbocycles. The molecule has 0 bridgehead atoms. The van der Waals surface area contributed by atoms with Crippen LogP contribution in [0.3, 0.4) is 0 Å². The highest BCUT2D eigenvalue weighted by Gasteiger charge is 2.01. The van der Waals surface area contributed by atoms with Crippen LogP contribution >= 0.6 is 11.6 Å². The predicted octanol–water partition coefficient (Wildman–Crippen LogP) is 3.61. The Morgan fingerprint density at radius 3 is 2.64 bits per heavy atom. The fraction of sp³-hybridized carbons (Fsp3) is 0.0833. The van der Waals surface area contributed by atoms with Crippen molar-refractivity contribution in [2.45, 2.75) is 6.92 Å². The fourth-order valence-electron chi connectivity index (χ4n) is 1.50. The first kappa shape index (κ1) is 9.22. The summed E-state index contributed by atoms with van der Waals surface area (Å²) < 4.78 is 0. The standard InChI is InChI=1S/C12H9ClO/c1-8-2-3-9-6-12(13)11(7-14)5-10(9)4-8/h2-7H,1H3. The van der Waals surface area contributed by atoms with Crippen LogP contribution in [0.25, 0.3) is 10.8 Å². The van der Waals surface area contributed by atoms with Gasteiger partial charge in [0, 0.05) is 5.56 Å². The highest BCUT2D eigenvalue weighted by Crippen LogP contribution is 2.23. The van der Waals surface area contributed by atoms with Gasteiger partial charge in [-0.15, -0.1) is 0 Å². The van der Waals surface area contributed by atoms with Crippen molar-refractivity contribution < 1.29 is 4.79 Å². The second-order valence-corrected chi connectivity index (χ2v) is 3.75. The second-order valence-electron chi connectivity index (χ2n) is 3.34. The average Bonchev–Trinajstić information content (AvgIpc) is 2.17. The maximum Gasteiger partial charge on any atom is 0.151 e. The molecule has 0 aliphatic rings. The largest absolute Gasteiger partial charge is 0.298 e. The summed E-state index contributed by atoms with van der Waals surface area (Å²) >= 11 is 5.91. The molecule has 0 N–H and O–H groups in total. The van der Waals surface area contributed by atoms with Crippen LogP contribution in [0, 0.1) is 6.92 Å². The monoisotopic (exact) mass is 204 g/mol. The van der Waals surface area contributed by atoms with E-state index >= 15 is 0 Å². The quantitative estimate of drug-likeness (QED) is 0.649. The topological polar surface area (TPSA) is 17.1 Å². The number of benzene rings is 2. The molecule has 0 spiro atoms. The molecule has 0 unspecified atom stereocenters. The van der Waals surface area contributed by atoms with Gasteiger partial charge < -0.3 is 0 Å². The van der Waals surface area contributed by atoms with E-state index in [4.69, 9.17) is 11.6 Å². The summed E-state index contributed by atoms with van der Waals surface area (Å²) in [6.45, 7) is 2.02. The molecule has 2 rings (SSSR count). The van der Waals surface area contributed by atoms with E-state index in [0.29, 0.717) is 10.6 Å². The number of carbonyl (C=O) groups is 1. The normalized spacial score (nSPS) is 10.4. The number of aryl methyl sites for hydroxylation is 1. The third-order valence-corrected chi connectivity index (χ3v) is 2.57. The summed E-state index contributed by atoms with van der Waals surface area (Å²) in [4.78, 5) is 10.7. The Bertz CT molecular complexity index is 503. The van der Waals surface area contributed by atoms with Crippen LogP contribution in [-0.4, -0.2) is 6.29 Å². The number of aldehydes is 1. The number of hydrogen-bond acceptors (Lipinski definition) is 1. The fourth-order valence-corrected chi connectivity index (χ4v) is 1.71. The summed E-state index contributed by atoms with van der Waals surface area (Å²) in [5, 5.41) is 2.62. The number of rotatable bonds is 1. The molecule has 0 radical (unpaired) electrons. The minimum atomic E-state index is 0.511. The lowest BCUT2D eigenvalue weighted by molar-refractivity contribution is 0.112. The van der Waals surface area contributed by atoms with Crippen LogP contribution in [0.15, 0.2) is 30.3 Å². The summed E-state index contributed by atoms with van der Waals surface area (Å²) in [5.41, 5.74) is 1.72.